The van der Waals surface area contributed by atoms with Crippen molar-refractivity contribution in [2.24, 2.45) is 5.92 Å². The second-order valence-electron chi connectivity index (χ2n) is 6.37. The van der Waals surface area contributed by atoms with Crippen molar-refractivity contribution in [1.82, 2.24) is 10.2 Å². The molecule has 0 aromatic heterocycles. The van der Waals surface area contributed by atoms with Crippen molar-refractivity contribution in [2.75, 3.05) is 7.05 Å². The molecule has 0 spiro atoms. The number of fused-ring (bicyclic) bond motifs is 1. The second-order valence-corrected chi connectivity index (χ2v) is 6.37. The van der Waals surface area contributed by atoms with Crippen molar-refractivity contribution in [3.8, 4) is 0 Å². The van der Waals surface area contributed by atoms with E-state index in [0.717, 1.165) is 24.2 Å². The molecule has 1 aliphatic heterocycles. The molecule has 2 unspecified atom stereocenters. The summed E-state index contributed by atoms with van der Waals surface area (Å²) in [5.74, 6) is -0.197. The van der Waals surface area contributed by atoms with Crippen LogP contribution in [0.25, 0.3) is 0 Å². The van der Waals surface area contributed by atoms with E-state index in [4.69, 9.17) is 0 Å². The summed E-state index contributed by atoms with van der Waals surface area (Å²) >= 11 is 0. The third kappa shape index (κ3) is 2.51. The molecule has 2 aliphatic rings. The van der Waals surface area contributed by atoms with Crippen LogP contribution in [-0.4, -0.2) is 35.7 Å². The predicted molar refractivity (Wildman–Crippen MR) is 81.8 cm³/mol. The Balaban J connectivity index is 1.77. The van der Waals surface area contributed by atoms with Gasteiger partial charge >= 0.3 is 0 Å². The number of nitrogens with zero attached hydrogens (tertiary/aromatic N) is 1. The zero-order chi connectivity index (χ0) is 15.9. The van der Waals surface area contributed by atoms with E-state index in [9.17, 15) is 14.4 Å². The average molecular weight is 300 g/mol. The van der Waals surface area contributed by atoms with Gasteiger partial charge in [-0.05, 0) is 37.0 Å². The van der Waals surface area contributed by atoms with Crippen molar-refractivity contribution < 1.29 is 14.4 Å². The van der Waals surface area contributed by atoms with Crippen LogP contribution in [0.15, 0.2) is 18.2 Å². The van der Waals surface area contributed by atoms with E-state index in [-0.39, 0.29) is 23.8 Å². The molecule has 0 radical (unpaired) electrons. The molecule has 2 atom stereocenters. The van der Waals surface area contributed by atoms with E-state index < -0.39 is 0 Å². The Bertz CT molecular complexity index is 653. The van der Waals surface area contributed by atoms with Crippen molar-refractivity contribution in [1.29, 1.82) is 0 Å². The van der Waals surface area contributed by atoms with Crippen LogP contribution in [0.5, 0.6) is 0 Å². The lowest BCUT2D eigenvalue weighted by atomic mass is 9.87. The summed E-state index contributed by atoms with van der Waals surface area (Å²) in [6.45, 7) is 2.20. The normalized spacial score (nSPS) is 24.4. The first-order valence-corrected chi connectivity index (χ1v) is 7.74. The smallest absolute Gasteiger partial charge is 0.261 e. The van der Waals surface area contributed by atoms with E-state index in [2.05, 4.69) is 12.2 Å². The third-order valence-electron chi connectivity index (χ3n) is 4.62. The Kier molecular flexibility index (Phi) is 3.72. The van der Waals surface area contributed by atoms with Crippen LogP contribution in [0.3, 0.4) is 0 Å². The molecule has 116 valence electrons. The van der Waals surface area contributed by atoms with Crippen molar-refractivity contribution in [2.45, 2.75) is 38.6 Å². The molecule has 22 heavy (non-hydrogen) atoms. The fourth-order valence-corrected chi connectivity index (χ4v) is 3.34. The minimum Gasteiger partial charge on any atom is -0.349 e. The lowest BCUT2D eigenvalue weighted by molar-refractivity contribution is 0.0693. The van der Waals surface area contributed by atoms with Crippen LogP contribution in [0.4, 0.5) is 0 Å². The molecule has 1 N–H and O–H groups in total. The van der Waals surface area contributed by atoms with Crippen LogP contribution < -0.4 is 5.32 Å². The second kappa shape index (κ2) is 5.55. The van der Waals surface area contributed by atoms with Crippen LogP contribution in [0.2, 0.25) is 0 Å². The zero-order valence-corrected chi connectivity index (χ0v) is 12.9. The highest BCUT2D eigenvalue weighted by molar-refractivity contribution is 6.21. The number of imide groups is 1. The van der Waals surface area contributed by atoms with E-state index in [1.54, 1.807) is 12.1 Å². The fourth-order valence-electron chi connectivity index (χ4n) is 3.34. The lowest BCUT2D eigenvalue weighted by Crippen LogP contribution is -2.38. The van der Waals surface area contributed by atoms with Gasteiger partial charge in [0.25, 0.3) is 17.7 Å². The van der Waals surface area contributed by atoms with Crippen LogP contribution in [0.1, 0.15) is 63.7 Å². The Morgan fingerprint density at radius 1 is 1.18 bits per heavy atom. The molecule has 3 amide bonds. The Morgan fingerprint density at radius 3 is 2.64 bits per heavy atom. The molecule has 5 nitrogen and oxygen atoms in total. The topological polar surface area (TPSA) is 66.5 Å². The third-order valence-corrected chi connectivity index (χ3v) is 4.62. The number of carbonyl (C=O) groups is 3. The Hall–Kier alpha value is -2.17. The highest BCUT2D eigenvalue weighted by Gasteiger charge is 2.33. The number of amides is 3. The first-order chi connectivity index (χ1) is 10.5. The molecular formula is C17H20N2O3. The van der Waals surface area contributed by atoms with Crippen LogP contribution in [0, 0.1) is 5.92 Å². The van der Waals surface area contributed by atoms with Gasteiger partial charge in [-0.1, -0.05) is 19.8 Å². The maximum Gasteiger partial charge on any atom is 0.261 e. The summed E-state index contributed by atoms with van der Waals surface area (Å²) in [5.41, 5.74) is 1.13. The number of hydrogen-bond acceptors (Lipinski definition) is 3. The summed E-state index contributed by atoms with van der Waals surface area (Å²) in [7, 11) is 1.45. The molecule has 3 rings (SSSR count). The maximum absolute atomic E-state index is 12.4. The summed E-state index contributed by atoms with van der Waals surface area (Å²) in [4.78, 5) is 37.3. The first-order valence-electron chi connectivity index (χ1n) is 7.74. The van der Waals surface area contributed by atoms with Gasteiger partial charge in [0.15, 0.2) is 0 Å². The van der Waals surface area contributed by atoms with E-state index in [0.29, 0.717) is 22.6 Å². The van der Waals surface area contributed by atoms with Gasteiger partial charge in [0.1, 0.15) is 0 Å². The highest BCUT2D eigenvalue weighted by Crippen LogP contribution is 2.25. The zero-order valence-electron chi connectivity index (χ0n) is 12.9. The molecule has 5 heteroatoms. The van der Waals surface area contributed by atoms with Gasteiger partial charge in [-0.25, -0.2) is 0 Å². The Labute approximate surface area is 129 Å². The molecule has 1 aromatic carbocycles. The number of nitrogens with one attached hydrogen (secondary N) is 1. The number of carbonyl (C=O) groups excluding carboxylic acids is 3. The Morgan fingerprint density at radius 2 is 1.91 bits per heavy atom. The largest absolute Gasteiger partial charge is 0.349 e. The van der Waals surface area contributed by atoms with Gasteiger partial charge in [0, 0.05) is 18.7 Å². The van der Waals surface area contributed by atoms with Gasteiger partial charge in [0.2, 0.25) is 0 Å². The lowest BCUT2D eigenvalue weighted by Gasteiger charge is -2.27. The fraction of sp³-hybridized carbons (Fsp3) is 0.471. The van der Waals surface area contributed by atoms with Gasteiger partial charge in [-0.2, -0.15) is 0 Å². The minimum atomic E-state index is -0.346. The van der Waals surface area contributed by atoms with Crippen molar-refractivity contribution >= 4 is 17.7 Å². The van der Waals surface area contributed by atoms with Gasteiger partial charge in [0.05, 0.1) is 11.1 Å². The number of benzene rings is 1. The minimum absolute atomic E-state index is 0.170. The van der Waals surface area contributed by atoms with Crippen molar-refractivity contribution in [3.63, 3.8) is 0 Å². The molecule has 1 fully saturated rings. The molecular weight excluding hydrogens is 280 g/mol. The summed E-state index contributed by atoms with van der Waals surface area (Å²) in [5, 5.41) is 3.05. The highest BCUT2D eigenvalue weighted by atomic mass is 16.2. The standard InChI is InChI=1S/C17H20N2O3/c1-10-4-3-5-12(8-10)18-15(20)11-6-7-13-14(9-11)17(22)19(2)16(13)21/h6-7,9-10,12H,3-5,8H2,1-2H3,(H,18,20). The molecule has 1 saturated carbocycles. The van der Waals surface area contributed by atoms with E-state index in [1.165, 1.54) is 19.5 Å². The quantitative estimate of drug-likeness (QED) is 0.852. The molecule has 0 saturated heterocycles. The van der Waals surface area contributed by atoms with Gasteiger partial charge < -0.3 is 5.32 Å². The monoisotopic (exact) mass is 300 g/mol. The van der Waals surface area contributed by atoms with Gasteiger partial charge in [-0.3, -0.25) is 19.3 Å². The first kappa shape index (κ1) is 14.8. The number of rotatable bonds is 2. The van der Waals surface area contributed by atoms with E-state index in [1.807, 2.05) is 0 Å². The van der Waals surface area contributed by atoms with Crippen LogP contribution >= 0.6 is 0 Å². The predicted octanol–water partition coefficient (Wildman–Crippen LogP) is 2.22. The summed E-state index contributed by atoms with van der Waals surface area (Å²) < 4.78 is 0. The molecule has 1 aliphatic carbocycles. The van der Waals surface area contributed by atoms with Crippen LogP contribution in [-0.2, 0) is 0 Å². The van der Waals surface area contributed by atoms with E-state index >= 15 is 0 Å². The SMILES string of the molecule is CC1CCCC(NC(=O)c2ccc3c(c2)C(=O)N(C)C3=O)C1. The summed E-state index contributed by atoms with van der Waals surface area (Å²) in [6.07, 6.45) is 4.35. The van der Waals surface area contributed by atoms with Crippen molar-refractivity contribution in [3.05, 3.63) is 34.9 Å². The average Bonchev–Trinajstić information content (AvgIpc) is 2.72. The molecule has 0 bridgehead atoms. The summed E-state index contributed by atoms with van der Waals surface area (Å²) in [6, 6.07) is 4.91. The molecule has 1 aromatic rings. The maximum atomic E-state index is 12.4. The number of hydrogen-bond donors (Lipinski definition) is 1. The molecule has 1 heterocycles. The van der Waals surface area contributed by atoms with Gasteiger partial charge in [-0.15, -0.1) is 0 Å².